The Kier molecular flexibility index (Phi) is 3.96. The number of alkyl halides is 3. The Hall–Kier alpha value is -2.06. The van der Waals surface area contributed by atoms with Gasteiger partial charge in [-0.2, -0.15) is 13.2 Å². The second kappa shape index (κ2) is 5.51. The number of hydrogen-bond donors (Lipinski definition) is 1. The van der Waals surface area contributed by atoms with Crippen molar-refractivity contribution >= 4 is 11.8 Å². The average molecular weight is 289 g/mol. The van der Waals surface area contributed by atoms with Gasteiger partial charge >= 0.3 is 6.18 Å². The van der Waals surface area contributed by atoms with Crippen LogP contribution in [0.25, 0.3) is 0 Å². The summed E-state index contributed by atoms with van der Waals surface area (Å²) in [5.74, 6) is -0.949. The summed E-state index contributed by atoms with van der Waals surface area (Å²) in [5, 5.41) is 0. The number of nitrogens with zero attached hydrogens (tertiary/aromatic N) is 4. The number of aliphatic imine (C=N–C) groups is 1. The largest absolute Gasteiger partial charge is 0.463 e. The molecule has 0 radical (unpaired) electrons. The Morgan fingerprint density at radius 3 is 2.80 bits per heavy atom. The molecular formula is C11H14F3N5O. The van der Waals surface area contributed by atoms with E-state index in [0.29, 0.717) is 19.7 Å². The van der Waals surface area contributed by atoms with E-state index in [9.17, 15) is 13.2 Å². The van der Waals surface area contributed by atoms with E-state index in [1.54, 1.807) is 4.90 Å². The monoisotopic (exact) mass is 289 g/mol. The van der Waals surface area contributed by atoms with Gasteiger partial charge in [0.15, 0.2) is 0 Å². The van der Waals surface area contributed by atoms with Crippen molar-refractivity contribution in [1.29, 1.82) is 0 Å². The third-order valence-corrected chi connectivity index (χ3v) is 2.76. The number of halogens is 3. The molecule has 1 atom stereocenters. The van der Waals surface area contributed by atoms with Crippen molar-refractivity contribution < 1.29 is 17.9 Å². The van der Waals surface area contributed by atoms with Crippen LogP contribution in [0.2, 0.25) is 0 Å². The van der Waals surface area contributed by atoms with Crippen LogP contribution in [0.3, 0.4) is 0 Å². The van der Waals surface area contributed by atoms with E-state index in [4.69, 9.17) is 10.5 Å². The van der Waals surface area contributed by atoms with Crippen molar-refractivity contribution in [3.63, 3.8) is 0 Å². The van der Waals surface area contributed by atoms with Crippen LogP contribution in [0.15, 0.2) is 17.3 Å². The highest BCUT2D eigenvalue weighted by atomic mass is 19.4. The molecule has 1 aromatic heterocycles. The van der Waals surface area contributed by atoms with Crippen LogP contribution < -0.4 is 10.6 Å². The number of ether oxygens (including phenoxy) is 1. The Bertz CT molecular complexity index is 505. The number of hydrogen-bond acceptors (Lipinski definition) is 6. The van der Waals surface area contributed by atoms with Crippen LogP contribution in [-0.2, 0) is 10.9 Å². The van der Waals surface area contributed by atoms with E-state index in [1.165, 1.54) is 6.07 Å². The highest BCUT2D eigenvalue weighted by Crippen LogP contribution is 2.27. The molecule has 6 nitrogen and oxygen atoms in total. The fourth-order valence-corrected chi connectivity index (χ4v) is 1.83. The smallest absolute Gasteiger partial charge is 0.451 e. The van der Waals surface area contributed by atoms with Crippen molar-refractivity contribution in [2.75, 3.05) is 24.6 Å². The Morgan fingerprint density at radius 2 is 2.25 bits per heavy atom. The first-order chi connectivity index (χ1) is 9.40. The molecule has 2 heterocycles. The molecule has 2 N–H and O–H groups in total. The summed E-state index contributed by atoms with van der Waals surface area (Å²) in [6.07, 6.45) is -3.47. The summed E-state index contributed by atoms with van der Waals surface area (Å²) in [5.41, 5.74) is 5.40. The Morgan fingerprint density at radius 1 is 1.50 bits per heavy atom. The second-order valence-electron chi connectivity index (χ2n) is 4.21. The van der Waals surface area contributed by atoms with E-state index in [1.807, 2.05) is 6.92 Å². The molecule has 1 aromatic rings. The Labute approximate surface area is 113 Å². The number of aromatic nitrogens is 2. The summed E-state index contributed by atoms with van der Waals surface area (Å²) in [6.45, 7) is 3.00. The fourth-order valence-electron chi connectivity index (χ4n) is 1.83. The molecule has 0 spiro atoms. The van der Waals surface area contributed by atoms with Crippen LogP contribution in [0.1, 0.15) is 12.7 Å². The minimum Gasteiger partial charge on any atom is -0.463 e. The molecule has 0 unspecified atom stereocenters. The van der Waals surface area contributed by atoms with Gasteiger partial charge in [-0.25, -0.2) is 15.0 Å². The topological polar surface area (TPSA) is 76.6 Å². The zero-order valence-electron chi connectivity index (χ0n) is 10.8. The lowest BCUT2D eigenvalue weighted by Crippen LogP contribution is -2.33. The molecule has 2 rings (SSSR count). The van der Waals surface area contributed by atoms with Gasteiger partial charge in [-0.1, -0.05) is 0 Å². The maximum absolute atomic E-state index is 12.6. The van der Waals surface area contributed by atoms with Crippen molar-refractivity contribution in [2.24, 2.45) is 10.7 Å². The van der Waals surface area contributed by atoms with Crippen molar-refractivity contribution in [3.05, 3.63) is 18.1 Å². The van der Waals surface area contributed by atoms with Crippen molar-refractivity contribution in [3.8, 4) is 0 Å². The molecule has 1 aliphatic heterocycles. The van der Waals surface area contributed by atoms with Crippen LogP contribution in [0, 0.1) is 0 Å². The van der Waals surface area contributed by atoms with Gasteiger partial charge in [-0.3, -0.25) is 0 Å². The Balaban J connectivity index is 2.15. The third-order valence-electron chi connectivity index (χ3n) is 2.76. The highest BCUT2D eigenvalue weighted by Gasteiger charge is 2.35. The molecule has 110 valence electrons. The van der Waals surface area contributed by atoms with Gasteiger partial charge in [-0.05, 0) is 13.0 Å². The number of anilines is 1. The third kappa shape index (κ3) is 3.28. The average Bonchev–Trinajstić information content (AvgIpc) is 2.81. The maximum atomic E-state index is 12.6. The summed E-state index contributed by atoms with van der Waals surface area (Å²) >= 11 is 0. The van der Waals surface area contributed by atoms with E-state index >= 15 is 0 Å². The van der Waals surface area contributed by atoms with Crippen molar-refractivity contribution in [1.82, 2.24) is 9.97 Å². The van der Waals surface area contributed by atoms with Gasteiger partial charge in [0.05, 0.1) is 0 Å². The predicted octanol–water partition coefficient (Wildman–Crippen LogP) is 1.04. The van der Waals surface area contributed by atoms with Crippen LogP contribution in [-0.4, -0.2) is 41.7 Å². The molecule has 1 aliphatic rings. The normalized spacial score (nSPS) is 18.6. The van der Waals surface area contributed by atoms with Crippen LogP contribution in [0.4, 0.5) is 19.0 Å². The SMILES string of the molecule is CCN(C[C@H]1COC(N)=N1)c1ccnc(C(F)(F)F)n1. The van der Waals surface area contributed by atoms with Crippen molar-refractivity contribution in [2.45, 2.75) is 19.1 Å². The summed E-state index contributed by atoms with van der Waals surface area (Å²) in [6, 6.07) is 1.32. The lowest BCUT2D eigenvalue weighted by molar-refractivity contribution is -0.144. The van der Waals surface area contributed by atoms with Crippen LogP contribution in [0.5, 0.6) is 0 Å². The van der Waals surface area contributed by atoms with E-state index in [-0.39, 0.29) is 17.9 Å². The summed E-state index contributed by atoms with van der Waals surface area (Å²) in [4.78, 5) is 12.5. The van der Waals surface area contributed by atoms with E-state index < -0.39 is 12.0 Å². The quantitative estimate of drug-likeness (QED) is 0.896. The summed E-state index contributed by atoms with van der Waals surface area (Å²) < 4.78 is 42.8. The van der Waals surface area contributed by atoms with Gasteiger partial charge in [-0.15, -0.1) is 0 Å². The van der Waals surface area contributed by atoms with Gasteiger partial charge in [0.1, 0.15) is 18.5 Å². The van der Waals surface area contributed by atoms with Gasteiger partial charge in [0.25, 0.3) is 6.02 Å². The van der Waals surface area contributed by atoms with Crippen LogP contribution >= 0.6 is 0 Å². The maximum Gasteiger partial charge on any atom is 0.451 e. The molecule has 0 fully saturated rings. The molecule has 0 saturated carbocycles. The second-order valence-corrected chi connectivity index (χ2v) is 4.21. The molecule has 9 heteroatoms. The highest BCUT2D eigenvalue weighted by molar-refractivity contribution is 5.73. The lowest BCUT2D eigenvalue weighted by Gasteiger charge is -2.23. The first-order valence-electron chi connectivity index (χ1n) is 6.01. The number of rotatable bonds is 4. The van der Waals surface area contributed by atoms with Gasteiger partial charge < -0.3 is 15.4 Å². The first kappa shape index (κ1) is 14.4. The molecule has 0 aliphatic carbocycles. The first-order valence-corrected chi connectivity index (χ1v) is 6.01. The minimum atomic E-state index is -4.56. The molecule has 0 aromatic carbocycles. The molecular weight excluding hydrogens is 275 g/mol. The van der Waals surface area contributed by atoms with E-state index in [0.717, 1.165) is 6.20 Å². The number of nitrogens with two attached hydrogens (primary N) is 1. The van der Waals surface area contributed by atoms with Gasteiger partial charge in [0.2, 0.25) is 5.82 Å². The fraction of sp³-hybridized carbons (Fsp3) is 0.545. The van der Waals surface area contributed by atoms with Gasteiger partial charge in [0, 0.05) is 19.3 Å². The van der Waals surface area contributed by atoms with E-state index in [2.05, 4.69) is 15.0 Å². The molecule has 0 saturated heterocycles. The number of amidine groups is 1. The molecule has 20 heavy (non-hydrogen) atoms. The summed E-state index contributed by atoms with van der Waals surface area (Å²) in [7, 11) is 0. The zero-order chi connectivity index (χ0) is 14.8. The molecule has 0 amide bonds. The predicted molar refractivity (Wildman–Crippen MR) is 66.3 cm³/mol. The number of likely N-dealkylation sites (N-methyl/N-ethyl adjacent to an activating group) is 1. The minimum absolute atomic E-state index is 0.102. The standard InChI is InChI=1S/C11H14F3N5O/c1-2-19(5-7-6-20-10(15)17-7)8-3-4-16-9(18-8)11(12,13)14/h3-4,7H,2,5-6H2,1H3,(H2,15,17)/t7-/m0/s1. The lowest BCUT2D eigenvalue weighted by atomic mass is 10.3. The molecule has 0 bridgehead atoms. The zero-order valence-corrected chi connectivity index (χ0v) is 10.8.